The minimum atomic E-state index is -0.718. The third kappa shape index (κ3) is 4.58. The van der Waals surface area contributed by atoms with Crippen molar-refractivity contribution in [2.24, 2.45) is 11.1 Å². The number of ether oxygens (including phenoxy) is 2. The van der Waals surface area contributed by atoms with Crippen LogP contribution in [0.1, 0.15) is 68.4 Å². The monoisotopic (exact) mass is 395 g/mol. The van der Waals surface area contributed by atoms with E-state index >= 15 is 0 Å². The van der Waals surface area contributed by atoms with E-state index < -0.39 is 6.09 Å². The summed E-state index contributed by atoms with van der Waals surface area (Å²) in [6.45, 7) is 11.4. The van der Waals surface area contributed by atoms with Gasteiger partial charge in [0.2, 0.25) is 0 Å². The molecule has 0 fully saturated rings. The number of carbonyl (C=O) groups excluding carboxylic acids is 1. The molecule has 1 aliphatic carbocycles. The molecule has 2 aromatic carbocycles. The number of primary amides is 1. The van der Waals surface area contributed by atoms with Gasteiger partial charge in [-0.05, 0) is 78.6 Å². The minimum absolute atomic E-state index is 0.131. The lowest BCUT2D eigenvalue weighted by Crippen LogP contribution is -2.33. The molecule has 4 nitrogen and oxygen atoms in total. The lowest BCUT2D eigenvalue weighted by atomic mass is 9.71. The second-order valence-corrected chi connectivity index (χ2v) is 8.86. The molecule has 29 heavy (non-hydrogen) atoms. The first-order chi connectivity index (χ1) is 13.7. The second-order valence-electron chi connectivity index (χ2n) is 8.86. The molecule has 1 amide bonds. The molecule has 0 heterocycles. The predicted molar refractivity (Wildman–Crippen MR) is 117 cm³/mol. The van der Waals surface area contributed by atoms with Gasteiger partial charge in [0.05, 0.1) is 6.61 Å². The van der Waals surface area contributed by atoms with Crippen LogP contribution in [0.5, 0.6) is 5.75 Å². The number of carbonyl (C=O) groups is 1. The summed E-state index contributed by atoms with van der Waals surface area (Å²) >= 11 is 0. The zero-order chi connectivity index (χ0) is 21.2. The number of nitrogens with two attached hydrogens (primary N) is 1. The Labute approximate surface area is 174 Å². The summed E-state index contributed by atoms with van der Waals surface area (Å²) in [5.41, 5.74) is 12.2. The van der Waals surface area contributed by atoms with Crippen LogP contribution in [0.25, 0.3) is 11.1 Å². The van der Waals surface area contributed by atoms with Gasteiger partial charge in [0.1, 0.15) is 11.9 Å². The first kappa shape index (κ1) is 21.2. The average Bonchev–Trinajstić information content (AvgIpc) is 2.65. The number of fused-ring (bicyclic) bond motifs is 1. The number of rotatable bonds is 6. The number of aryl methyl sites for hydroxylation is 3. The molecule has 4 heteroatoms. The van der Waals surface area contributed by atoms with Crippen LogP contribution >= 0.6 is 0 Å². The van der Waals surface area contributed by atoms with Crippen molar-refractivity contribution in [3.63, 3.8) is 0 Å². The molecule has 0 radical (unpaired) electrons. The van der Waals surface area contributed by atoms with Crippen LogP contribution in [0.2, 0.25) is 0 Å². The molecule has 0 bridgehead atoms. The topological polar surface area (TPSA) is 61.6 Å². The average molecular weight is 396 g/mol. The number of hydrogen-bond acceptors (Lipinski definition) is 3. The summed E-state index contributed by atoms with van der Waals surface area (Å²) in [4.78, 5) is 11.4. The molecular weight excluding hydrogens is 362 g/mol. The lowest BCUT2D eigenvalue weighted by Gasteiger charge is -2.39. The smallest absolute Gasteiger partial charge is 0.405 e. The fourth-order valence-corrected chi connectivity index (χ4v) is 4.27. The van der Waals surface area contributed by atoms with E-state index in [2.05, 4.69) is 65.0 Å². The van der Waals surface area contributed by atoms with Crippen molar-refractivity contribution in [3.05, 3.63) is 52.6 Å². The van der Waals surface area contributed by atoms with E-state index in [1.54, 1.807) is 0 Å². The Morgan fingerprint density at radius 1 is 1.14 bits per heavy atom. The quantitative estimate of drug-likeness (QED) is 0.587. The fraction of sp³-hybridized carbons (Fsp3) is 0.480. The van der Waals surface area contributed by atoms with Gasteiger partial charge in [-0.15, -0.1) is 0 Å². The third-order valence-corrected chi connectivity index (χ3v) is 5.95. The SMILES string of the molecule is CCCCOc1c(C)cc(-c2ccc3c(c2)CCC(C)(C)[C@H]3OC(N)=O)cc1C. The highest BCUT2D eigenvalue weighted by Gasteiger charge is 2.38. The Morgan fingerprint density at radius 3 is 2.45 bits per heavy atom. The summed E-state index contributed by atoms with van der Waals surface area (Å²) < 4.78 is 11.5. The van der Waals surface area contributed by atoms with E-state index in [-0.39, 0.29) is 11.5 Å². The fourth-order valence-electron chi connectivity index (χ4n) is 4.27. The van der Waals surface area contributed by atoms with Crippen LogP contribution in [0.4, 0.5) is 4.79 Å². The Hall–Kier alpha value is -2.49. The summed E-state index contributed by atoms with van der Waals surface area (Å²) in [5, 5.41) is 0. The van der Waals surface area contributed by atoms with E-state index in [0.717, 1.165) is 54.7 Å². The first-order valence-electron chi connectivity index (χ1n) is 10.6. The van der Waals surface area contributed by atoms with Crippen LogP contribution < -0.4 is 10.5 Å². The summed E-state index contributed by atoms with van der Waals surface area (Å²) in [6, 6.07) is 10.8. The largest absolute Gasteiger partial charge is 0.493 e. The van der Waals surface area contributed by atoms with Crippen LogP contribution in [0.3, 0.4) is 0 Å². The van der Waals surface area contributed by atoms with Gasteiger partial charge >= 0.3 is 6.09 Å². The first-order valence-corrected chi connectivity index (χ1v) is 10.6. The van der Waals surface area contributed by atoms with Gasteiger partial charge in [-0.3, -0.25) is 0 Å². The maximum Gasteiger partial charge on any atom is 0.405 e. The van der Waals surface area contributed by atoms with Gasteiger partial charge in [-0.2, -0.15) is 0 Å². The Balaban J connectivity index is 1.93. The number of unbranched alkanes of at least 4 members (excludes halogenated alkanes) is 1. The van der Waals surface area contributed by atoms with Crippen molar-refractivity contribution in [1.82, 2.24) is 0 Å². The van der Waals surface area contributed by atoms with E-state index in [4.69, 9.17) is 15.2 Å². The van der Waals surface area contributed by atoms with E-state index in [9.17, 15) is 4.79 Å². The number of amides is 1. The summed E-state index contributed by atoms with van der Waals surface area (Å²) in [6.07, 6.45) is 3.08. The molecule has 0 aromatic heterocycles. The molecule has 2 aromatic rings. The predicted octanol–water partition coefficient (Wildman–Crippen LogP) is 6.26. The van der Waals surface area contributed by atoms with E-state index in [1.165, 1.54) is 16.7 Å². The molecule has 0 unspecified atom stereocenters. The Bertz CT molecular complexity index is 878. The van der Waals surface area contributed by atoms with Gasteiger partial charge in [0.15, 0.2) is 0 Å². The number of benzene rings is 2. The molecule has 0 saturated carbocycles. The minimum Gasteiger partial charge on any atom is -0.493 e. The maximum absolute atomic E-state index is 11.4. The van der Waals surface area contributed by atoms with Gasteiger partial charge in [-0.1, -0.05) is 45.4 Å². The molecule has 3 rings (SSSR count). The highest BCUT2D eigenvalue weighted by Crippen LogP contribution is 2.46. The Kier molecular flexibility index (Phi) is 6.21. The van der Waals surface area contributed by atoms with Crippen molar-refractivity contribution in [1.29, 1.82) is 0 Å². The van der Waals surface area contributed by atoms with Crippen LogP contribution in [0.15, 0.2) is 30.3 Å². The second kappa shape index (κ2) is 8.48. The van der Waals surface area contributed by atoms with E-state index in [0.29, 0.717) is 0 Å². The summed E-state index contributed by atoms with van der Waals surface area (Å²) in [7, 11) is 0. The molecule has 0 aliphatic heterocycles. The van der Waals surface area contributed by atoms with Crippen molar-refractivity contribution in [3.8, 4) is 16.9 Å². The maximum atomic E-state index is 11.4. The van der Waals surface area contributed by atoms with Crippen molar-refractivity contribution < 1.29 is 14.3 Å². The normalized spacial score (nSPS) is 17.5. The highest BCUT2D eigenvalue weighted by atomic mass is 16.6. The van der Waals surface area contributed by atoms with Gasteiger partial charge < -0.3 is 15.2 Å². The molecule has 1 atom stereocenters. The summed E-state index contributed by atoms with van der Waals surface area (Å²) in [5.74, 6) is 0.997. The van der Waals surface area contributed by atoms with Gasteiger partial charge in [0.25, 0.3) is 0 Å². The van der Waals surface area contributed by atoms with Crippen LogP contribution in [-0.2, 0) is 11.2 Å². The van der Waals surface area contributed by atoms with Crippen LogP contribution in [0, 0.1) is 19.3 Å². The lowest BCUT2D eigenvalue weighted by molar-refractivity contribution is 0.0147. The number of hydrogen-bond donors (Lipinski definition) is 1. The molecule has 156 valence electrons. The molecular formula is C25H33NO3. The van der Waals surface area contributed by atoms with Crippen LogP contribution in [-0.4, -0.2) is 12.7 Å². The van der Waals surface area contributed by atoms with Crippen molar-refractivity contribution in [2.75, 3.05) is 6.61 Å². The van der Waals surface area contributed by atoms with Gasteiger partial charge in [-0.25, -0.2) is 4.79 Å². The molecule has 2 N–H and O–H groups in total. The zero-order valence-corrected chi connectivity index (χ0v) is 18.3. The third-order valence-electron chi connectivity index (χ3n) is 5.95. The highest BCUT2D eigenvalue weighted by molar-refractivity contribution is 5.69. The standard InChI is InChI=1S/C25H33NO3/c1-6-7-12-28-22-16(2)13-20(14-17(22)3)18-8-9-21-19(15-18)10-11-25(4,5)23(21)29-24(26)27/h8-9,13-15,23H,6-7,10-12H2,1-5H3,(H2,26,27)/t23-/m0/s1. The van der Waals surface area contributed by atoms with Crippen molar-refractivity contribution in [2.45, 2.75) is 66.4 Å². The Morgan fingerprint density at radius 2 is 1.83 bits per heavy atom. The van der Waals surface area contributed by atoms with Gasteiger partial charge in [0, 0.05) is 5.41 Å². The zero-order valence-electron chi connectivity index (χ0n) is 18.3. The van der Waals surface area contributed by atoms with E-state index in [1.807, 2.05) is 0 Å². The molecule has 0 saturated heterocycles. The molecule has 1 aliphatic rings. The molecule has 0 spiro atoms. The van der Waals surface area contributed by atoms with Crippen molar-refractivity contribution >= 4 is 6.09 Å².